The summed E-state index contributed by atoms with van der Waals surface area (Å²) in [4.78, 5) is 0. The molecule has 0 bridgehead atoms. The van der Waals surface area contributed by atoms with Gasteiger partial charge in [0.25, 0.3) is 0 Å². The van der Waals surface area contributed by atoms with Crippen LogP contribution in [0.1, 0.15) is 32.8 Å². The number of nitrogens with zero attached hydrogens (tertiary/aromatic N) is 2. The van der Waals surface area contributed by atoms with Crippen LogP contribution in [0, 0.1) is 5.41 Å². The third kappa shape index (κ3) is 3.47. The number of hydrogen-bond donors (Lipinski definition) is 0. The Hall–Kier alpha value is -1.75. The number of ether oxygens (including phenoxy) is 1. The second-order valence-electron chi connectivity index (χ2n) is 5.67. The summed E-state index contributed by atoms with van der Waals surface area (Å²) in [6.07, 6.45) is 0.409. The molecule has 2 aromatic rings. The highest BCUT2D eigenvalue weighted by Crippen LogP contribution is 2.40. The molecule has 0 radical (unpaired) electrons. The number of hydrogen-bond acceptors (Lipinski definition) is 2. The maximum Gasteiger partial charge on any atom is 0.361 e. The maximum atomic E-state index is 14.0. The van der Waals surface area contributed by atoms with Crippen LogP contribution in [0.25, 0.3) is 5.69 Å². The molecule has 0 aliphatic heterocycles. The van der Waals surface area contributed by atoms with Crippen LogP contribution in [0.2, 0.25) is 0 Å². The third-order valence-corrected chi connectivity index (χ3v) is 3.75. The lowest BCUT2D eigenvalue weighted by atomic mass is 9.89. The van der Waals surface area contributed by atoms with Gasteiger partial charge in [0.2, 0.25) is 0 Å². The van der Waals surface area contributed by atoms with Gasteiger partial charge in [0.1, 0.15) is 0 Å². The topological polar surface area (TPSA) is 27.1 Å². The second-order valence-corrected chi connectivity index (χ2v) is 5.67. The van der Waals surface area contributed by atoms with Gasteiger partial charge in [-0.1, -0.05) is 39.0 Å². The van der Waals surface area contributed by atoms with Crippen LogP contribution in [0.15, 0.2) is 42.7 Å². The Morgan fingerprint density at radius 3 is 2.48 bits per heavy atom. The summed E-state index contributed by atoms with van der Waals surface area (Å²) in [7, 11) is 0. The monoisotopic (exact) mass is 294 g/mol. The van der Waals surface area contributed by atoms with Gasteiger partial charge in [0.05, 0.1) is 23.9 Å². The van der Waals surface area contributed by atoms with E-state index in [-0.39, 0.29) is 6.61 Å². The first-order valence-electron chi connectivity index (χ1n) is 6.96. The standard InChI is InChI=1S/C16H20F2N2O/c1-4-15(2,3)16(17,18)21-12-13-10-19-20(11-13)14-8-6-5-7-9-14/h5-11H,4,12H2,1-3H3. The predicted octanol–water partition coefficient (Wildman–Crippen LogP) is 4.42. The average Bonchev–Trinajstić information content (AvgIpc) is 2.95. The van der Waals surface area contributed by atoms with Gasteiger partial charge in [0, 0.05) is 11.8 Å². The minimum absolute atomic E-state index is 0.163. The zero-order valence-corrected chi connectivity index (χ0v) is 12.5. The van der Waals surface area contributed by atoms with Crippen molar-refractivity contribution in [3.63, 3.8) is 0 Å². The summed E-state index contributed by atoms with van der Waals surface area (Å²) in [6.45, 7) is 4.56. The molecule has 0 aliphatic carbocycles. The van der Waals surface area contributed by atoms with Crippen LogP contribution >= 0.6 is 0 Å². The smallest absolute Gasteiger partial charge is 0.315 e. The van der Waals surface area contributed by atoms with Crippen molar-refractivity contribution >= 4 is 0 Å². The fourth-order valence-corrected chi connectivity index (χ4v) is 1.73. The van der Waals surface area contributed by atoms with E-state index in [1.54, 1.807) is 24.0 Å². The van der Waals surface area contributed by atoms with Gasteiger partial charge in [-0.05, 0) is 18.6 Å². The van der Waals surface area contributed by atoms with Crippen molar-refractivity contribution in [3.8, 4) is 5.69 Å². The van der Waals surface area contributed by atoms with Crippen LogP contribution in [0.4, 0.5) is 8.78 Å². The molecule has 0 N–H and O–H groups in total. The van der Waals surface area contributed by atoms with Crippen molar-refractivity contribution in [2.45, 2.75) is 39.9 Å². The molecular formula is C16H20F2N2O. The molecule has 21 heavy (non-hydrogen) atoms. The van der Waals surface area contributed by atoms with E-state index in [9.17, 15) is 8.78 Å². The highest BCUT2D eigenvalue weighted by Gasteiger charge is 2.46. The molecule has 5 heteroatoms. The fourth-order valence-electron chi connectivity index (χ4n) is 1.73. The van der Waals surface area contributed by atoms with Gasteiger partial charge in [-0.25, -0.2) is 4.68 Å². The first-order chi connectivity index (χ1) is 9.86. The summed E-state index contributed by atoms with van der Waals surface area (Å²) < 4.78 is 34.4. The number of rotatable bonds is 6. The van der Waals surface area contributed by atoms with E-state index >= 15 is 0 Å². The molecule has 0 saturated heterocycles. The van der Waals surface area contributed by atoms with Crippen LogP contribution < -0.4 is 0 Å². The van der Waals surface area contributed by atoms with E-state index in [4.69, 9.17) is 4.74 Å². The lowest BCUT2D eigenvalue weighted by molar-refractivity contribution is -0.306. The summed E-state index contributed by atoms with van der Waals surface area (Å²) in [6, 6.07) is 9.49. The van der Waals surface area contributed by atoms with Crippen LogP contribution in [-0.4, -0.2) is 15.9 Å². The normalized spacial score (nSPS) is 12.6. The van der Waals surface area contributed by atoms with E-state index in [0.717, 1.165) is 5.69 Å². The Bertz CT molecular complexity index is 579. The minimum atomic E-state index is -3.17. The first-order valence-corrected chi connectivity index (χ1v) is 6.96. The number of benzene rings is 1. The van der Waals surface area contributed by atoms with Gasteiger partial charge in [-0.15, -0.1) is 0 Å². The fraction of sp³-hybridized carbons (Fsp3) is 0.438. The number of alkyl halides is 2. The number of halogens is 2. The molecule has 0 spiro atoms. The Morgan fingerprint density at radius 2 is 1.86 bits per heavy atom. The lowest BCUT2D eigenvalue weighted by Gasteiger charge is -2.32. The molecule has 3 nitrogen and oxygen atoms in total. The van der Waals surface area contributed by atoms with E-state index in [0.29, 0.717) is 12.0 Å². The molecule has 1 aromatic heterocycles. The van der Waals surface area contributed by atoms with Gasteiger partial charge < -0.3 is 4.74 Å². The third-order valence-electron chi connectivity index (χ3n) is 3.75. The van der Waals surface area contributed by atoms with Gasteiger partial charge in [0.15, 0.2) is 0 Å². The quantitative estimate of drug-likeness (QED) is 0.788. The molecule has 0 amide bonds. The summed E-state index contributed by atoms with van der Waals surface area (Å²) in [5.74, 6) is 0. The largest absolute Gasteiger partial charge is 0.361 e. The zero-order chi connectivity index (χ0) is 15.5. The molecule has 1 heterocycles. The Balaban J connectivity index is 2.04. The van der Waals surface area contributed by atoms with Crippen LogP contribution in [0.3, 0.4) is 0 Å². The Kier molecular flexibility index (Phi) is 4.42. The minimum Gasteiger partial charge on any atom is -0.315 e. The lowest BCUT2D eigenvalue weighted by Crippen LogP contribution is -2.38. The predicted molar refractivity (Wildman–Crippen MR) is 77.4 cm³/mol. The molecular weight excluding hydrogens is 274 g/mol. The Morgan fingerprint density at radius 1 is 1.19 bits per heavy atom. The molecule has 0 unspecified atom stereocenters. The van der Waals surface area contributed by atoms with Gasteiger partial charge in [-0.2, -0.15) is 13.9 Å². The molecule has 1 aromatic carbocycles. The van der Waals surface area contributed by atoms with Gasteiger partial charge >= 0.3 is 6.11 Å². The maximum absolute atomic E-state index is 14.0. The molecule has 0 saturated carbocycles. The van der Waals surface area contributed by atoms with Crippen molar-refractivity contribution in [1.29, 1.82) is 0 Å². The van der Waals surface area contributed by atoms with Crippen LogP contribution in [-0.2, 0) is 11.3 Å². The van der Waals surface area contributed by atoms with Crippen molar-refractivity contribution in [1.82, 2.24) is 9.78 Å². The van der Waals surface area contributed by atoms with E-state index in [1.165, 1.54) is 13.8 Å². The number of aromatic nitrogens is 2. The molecule has 114 valence electrons. The molecule has 2 rings (SSSR count). The van der Waals surface area contributed by atoms with E-state index in [2.05, 4.69) is 5.10 Å². The van der Waals surface area contributed by atoms with Crippen molar-refractivity contribution in [2.24, 2.45) is 5.41 Å². The first kappa shape index (κ1) is 15.6. The second kappa shape index (κ2) is 5.93. The average molecular weight is 294 g/mol. The van der Waals surface area contributed by atoms with E-state index < -0.39 is 11.5 Å². The van der Waals surface area contributed by atoms with Crippen molar-refractivity contribution in [2.75, 3.05) is 0 Å². The van der Waals surface area contributed by atoms with Crippen LogP contribution in [0.5, 0.6) is 0 Å². The van der Waals surface area contributed by atoms with Gasteiger partial charge in [-0.3, -0.25) is 0 Å². The summed E-state index contributed by atoms with van der Waals surface area (Å²) in [5, 5.41) is 4.16. The Labute approximate surface area is 123 Å². The zero-order valence-electron chi connectivity index (χ0n) is 12.5. The van der Waals surface area contributed by atoms with Crippen molar-refractivity contribution < 1.29 is 13.5 Å². The number of para-hydroxylation sites is 1. The SMILES string of the molecule is CCC(C)(C)C(F)(F)OCc1cnn(-c2ccccc2)c1. The molecule has 0 atom stereocenters. The summed E-state index contributed by atoms with van der Waals surface area (Å²) in [5.41, 5.74) is 0.303. The highest BCUT2D eigenvalue weighted by molar-refractivity contribution is 5.30. The van der Waals surface area contributed by atoms with E-state index in [1.807, 2.05) is 30.3 Å². The highest BCUT2D eigenvalue weighted by atomic mass is 19.3. The van der Waals surface area contributed by atoms with Crippen molar-refractivity contribution in [3.05, 3.63) is 48.3 Å². The summed E-state index contributed by atoms with van der Waals surface area (Å²) >= 11 is 0. The molecule has 0 aliphatic rings. The molecule has 0 fully saturated rings.